The van der Waals surface area contributed by atoms with Crippen LogP contribution in [0.5, 0.6) is 11.5 Å². The van der Waals surface area contributed by atoms with Crippen LogP contribution in [0.25, 0.3) is 0 Å². The highest BCUT2D eigenvalue weighted by atomic mass is 16.5. The highest BCUT2D eigenvalue weighted by Crippen LogP contribution is 2.37. The maximum Gasteiger partial charge on any atom is 0.257 e. The van der Waals surface area contributed by atoms with E-state index in [1.807, 2.05) is 48.5 Å². The SMILES string of the molecule is COc1ccc(C2=NN(C(=O)CN3CCCC[C@H]3C)[C@@H](c3ccccc3OC)C2)cc1. The second-order valence-electron chi connectivity index (χ2n) is 8.29. The molecule has 0 radical (unpaired) electrons. The third kappa shape index (κ3) is 4.59. The van der Waals surface area contributed by atoms with Crippen LogP contribution in [-0.4, -0.2) is 54.9 Å². The molecule has 2 aliphatic heterocycles. The Bertz CT molecular complexity index is 941. The Balaban J connectivity index is 1.63. The molecule has 2 aromatic rings. The molecule has 1 amide bonds. The normalized spacial score (nSPS) is 21.6. The average Bonchev–Trinajstić information content (AvgIpc) is 3.26. The van der Waals surface area contributed by atoms with E-state index in [-0.39, 0.29) is 11.9 Å². The van der Waals surface area contributed by atoms with E-state index >= 15 is 0 Å². The van der Waals surface area contributed by atoms with Crippen LogP contribution in [0.1, 0.15) is 49.8 Å². The number of ether oxygens (including phenoxy) is 2. The number of likely N-dealkylation sites (tertiary alicyclic amines) is 1. The largest absolute Gasteiger partial charge is 0.497 e. The summed E-state index contributed by atoms with van der Waals surface area (Å²) in [5.41, 5.74) is 2.89. The minimum absolute atomic E-state index is 0.0353. The third-order valence-electron chi connectivity index (χ3n) is 6.37. The lowest BCUT2D eigenvalue weighted by atomic mass is 9.97. The van der Waals surface area contributed by atoms with E-state index < -0.39 is 0 Å². The molecule has 0 unspecified atom stereocenters. The Morgan fingerprint density at radius 3 is 2.55 bits per heavy atom. The van der Waals surface area contributed by atoms with Crippen molar-refractivity contribution in [3.8, 4) is 11.5 Å². The number of piperidine rings is 1. The van der Waals surface area contributed by atoms with E-state index in [9.17, 15) is 4.79 Å². The topological polar surface area (TPSA) is 54.4 Å². The van der Waals surface area contributed by atoms with Crippen molar-refractivity contribution >= 4 is 11.6 Å². The fraction of sp³-hybridized carbons (Fsp3) is 0.440. The number of benzene rings is 2. The molecule has 0 bridgehead atoms. The van der Waals surface area contributed by atoms with Crippen molar-refractivity contribution < 1.29 is 14.3 Å². The van der Waals surface area contributed by atoms with Gasteiger partial charge in [0.15, 0.2) is 0 Å². The fourth-order valence-electron chi connectivity index (χ4n) is 4.52. The van der Waals surface area contributed by atoms with Gasteiger partial charge in [0.25, 0.3) is 5.91 Å². The smallest absolute Gasteiger partial charge is 0.257 e. The summed E-state index contributed by atoms with van der Waals surface area (Å²) in [5.74, 6) is 1.62. The zero-order valence-corrected chi connectivity index (χ0v) is 18.6. The van der Waals surface area contributed by atoms with Crippen molar-refractivity contribution in [3.63, 3.8) is 0 Å². The van der Waals surface area contributed by atoms with Crippen LogP contribution in [0.2, 0.25) is 0 Å². The van der Waals surface area contributed by atoms with Gasteiger partial charge in [0.2, 0.25) is 0 Å². The van der Waals surface area contributed by atoms with E-state index in [0.717, 1.165) is 47.7 Å². The number of carbonyl (C=O) groups excluding carboxylic acids is 1. The van der Waals surface area contributed by atoms with E-state index in [0.29, 0.717) is 19.0 Å². The molecule has 0 N–H and O–H groups in total. The number of para-hydroxylation sites is 1. The standard InChI is InChI=1S/C25H31N3O3/c1-18-8-6-7-15-27(18)17-25(29)28-23(21-9-4-5-10-24(21)31-3)16-22(26-28)19-11-13-20(30-2)14-12-19/h4-5,9-14,18,23H,6-8,15-17H2,1-3H3/t18-,23-/m1/s1. The lowest BCUT2D eigenvalue weighted by Gasteiger charge is -2.34. The van der Waals surface area contributed by atoms with E-state index in [1.54, 1.807) is 19.2 Å². The monoisotopic (exact) mass is 421 g/mol. The summed E-state index contributed by atoms with van der Waals surface area (Å²) in [7, 11) is 3.32. The number of hydrazone groups is 1. The van der Waals surface area contributed by atoms with Gasteiger partial charge in [-0.05, 0) is 62.2 Å². The fourth-order valence-corrected chi connectivity index (χ4v) is 4.52. The molecule has 2 heterocycles. The van der Waals surface area contributed by atoms with Crippen LogP contribution >= 0.6 is 0 Å². The molecule has 0 spiro atoms. The predicted octanol–water partition coefficient (Wildman–Crippen LogP) is 4.26. The van der Waals surface area contributed by atoms with E-state index in [2.05, 4.69) is 11.8 Å². The molecule has 164 valence electrons. The van der Waals surface area contributed by atoms with Crippen molar-refractivity contribution in [2.45, 2.75) is 44.7 Å². The molecule has 0 aliphatic carbocycles. The second-order valence-corrected chi connectivity index (χ2v) is 8.29. The summed E-state index contributed by atoms with van der Waals surface area (Å²) in [6.07, 6.45) is 4.17. The van der Waals surface area contributed by atoms with E-state index in [1.165, 1.54) is 6.42 Å². The molecule has 6 heteroatoms. The van der Waals surface area contributed by atoms with Crippen LogP contribution in [0.3, 0.4) is 0 Å². The van der Waals surface area contributed by atoms with Crippen molar-refractivity contribution in [2.24, 2.45) is 5.10 Å². The lowest BCUT2D eigenvalue weighted by Crippen LogP contribution is -2.44. The second kappa shape index (κ2) is 9.52. The summed E-state index contributed by atoms with van der Waals surface area (Å²) >= 11 is 0. The van der Waals surface area contributed by atoms with Crippen LogP contribution in [0.4, 0.5) is 0 Å². The van der Waals surface area contributed by atoms with Gasteiger partial charge in [-0.15, -0.1) is 0 Å². The van der Waals surface area contributed by atoms with Crippen LogP contribution in [-0.2, 0) is 4.79 Å². The Hall–Kier alpha value is -2.86. The maximum absolute atomic E-state index is 13.4. The molecule has 6 nitrogen and oxygen atoms in total. The van der Waals surface area contributed by atoms with E-state index in [4.69, 9.17) is 14.6 Å². The molecule has 2 aromatic carbocycles. The van der Waals surface area contributed by atoms with Gasteiger partial charge >= 0.3 is 0 Å². The number of nitrogens with zero attached hydrogens (tertiary/aromatic N) is 3. The average molecular weight is 422 g/mol. The predicted molar refractivity (Wildman–Crippen MR) is 122 cm³/mol. The zero-order valence-electron chi connectivity index (χ0n) is 18.6. The molecule has 0 saturated carbocycles. The number of carbonyl (C=O) groups is 1. The highest BCUT2D eigenvalue weighted by molar-refractivity contribution is 6.03. The van der Waals surface area contributed by atoms with Crippen molar-refractivity contribution in [2.75, 3.05) is 27.3 Å². The summed E-state index contributed by atoms with van der Waals surface area (Å²) in [5, 5.41) is 6.49. The molecule has 31 heavy (non-hydrogen) atoms. The van der Waals surface area contributed by atoms with Gasteiger partial charge in [0.05, 0.1) is 32.5 Å². The van der Waals surface area contributed by atoms with Crippen molar-refractivity contribution in [3.05, 3.63) is 59.7 Å². The lowest BCUT2D eigenvalue weighted by molar-refractivity contribution is -0.135. The van der Waals surface area contributed by atoms with Gasteiger partial charge < -0.3 is 9.47 Å². The number of hydrogen-bond acceptors (Lipinski definition) is 5. The van der Waals surface area contributed by atoms with Crippen molar-refractivity contribution in [1.29, 1.82) is 0 Å². The zero-order chi connectivity index (χ0) is 21.8. The molecule has 4 rings (SSSR count). The molecule has 0 aromatic heterocycles. The highest BCUT2D eigenvalue weighted by Gasteiger charge is 2.36. The van der Waals surface area contributed by atoms with Crippen molar-refractivity contribution in [1.82, 2.24) is 9.91 Å². The van der Waals surface area contributed by atoms with Gasteiger partial charge in [-0.25, -0.2) is 5.01 Å². The molecule has 2 atom stereocenters. The summed E-state index contributed by atoms with van der Waals surface area (Å²) in [4.78, 5) is 15.7. The number of hydrogen-bond donors (Lipinski definition) is 0. The number of rotatable bonds is 6. The van der Waals surface area contributed by atoms with Crippen LogP contribution in [0.15, 0.2) is 53.6 Å². The summed E-state index contributed by atoms with van der Waals surface area (Å²) in [6, 6.07) is 16.0. The Morgan fingerprint density at radius 1 is 1.06 bits per heavy atom. The first kappa shape index (κ1) is 21.4. The Morgan fingerprint density at radius 2 is 1.84 bits per heavy atom. The molecular weight excluding hydrogens is 390 g/mol. The van der Waals surface area contributed by atoms with Gasteiger partial charge in [0, 0.05) is 18.0 Å². The Kier molecular flexibility index (Phi) is 6.56. The number of amides is 1. The van der Waals surface area contributed by atoms with Gasteiger partial charge in [-0.1, -0.05) is 24.6 Å². The molecular formula is C25H31N3O3. The van der Waals surface area contributed by atoms with Crippen LogP contribution in [0, 0.1) is 0 Å². The molecule has 1 fully saturated rings. The first-order chi connectivity index (χ1) is 15.1. The minimum atomic E-state index is -0.180. The number of methoxy groups -OCH3 is 2. The Labute approximate surface area is 184 Å². The summed E-state index contributed by atoms with van der Waals surface area (Å²) < 4.78 is 10.9. The van der Waals surface area contributed by atoms with Gasteiger partial charge in [-0.2, -0.15) is 5.10 Å². The first-order valence-corrected chi connectivity index (χ1v) is 11.0. The minimum Gasteiger partial charge on any atom is -0.497 e. The maximum atomic E-state index is 13.4. The van der Waals surface area contributed by atoms with Crippen LogP contribution < -0.4 is 9.47 Å². The van der Waals surface area contributed by atoms with Gasteiger partial charge in [-0.3, -0.25) is 9.69 Å². The molecule has 2 aliphatic rings. The molecule has 1 saturated heterocycles. The third-order valence-corrected chi connectivity index (χ3v) is 6.37. The van der Waals surface area contributed by atoms with Gasteiger partial charge in [0.1, 0.15) is 11.5 Å². The first-order valence-electron chi connectivity index (χ1n) is 11.0. The quantitative estimate of drug-likeness (QED) is 0.700. The summed E-state index contributed by atoms with van der Waals surface area (Å²) in [6.45, 7) is 3.57.